The molecule has 2 aromatic rings. The predicted octanol–water partition coefficient (Wildman–Crippen LogP) is 4.46. The number of ketones is 1. The maximum absolute atomic E-state index is 12.8. The fourth-order valence-corrected chi connectivity index (χ4v) is 3.78. The third-order valence-corrected chi connectivity index (χ3v) is 5.32. The van der Waals surface area contributed by atoms with Gasteiger partial charge >= 0.3 is 0 Å². The minimum absolute atomic E-state index is 0.161. The fourth-order valence-electron chi connectivity index (χ4n) is 2.54. The Labute approximate surface area is 133 Å². The van der Waals surface area contributed by atoms with Gasteiger partial charge in [0.2, 0.25) is 0 Å². The summed E-state index contributed by atoms with van der Waals surface area (Å²) in [5.41, 5.74) is 1.75. The molecule has 0 aromatic heterocycles. The van der Waals surface area contributed by atoms with E-state index in [0.29, 0.717) is 11.3 Å². The Kier molecular flexibility index (Phi) is 4.27. The molecule has 0 N–H and O–H groups in total. The molecule has 1 aliphatic heterocycles. The number of carbonyl (C=O) groups excluding carboxylic acids is 1. The van der Waals surface area contributed by atoms with Gasteiger partial charge in [-0.05, 0) is 36.3 Å². The quantitative estimate of drug-likeness (QED) is 0.781. The Balaban J connectivity index is 2.04. The minimum atomic E-state index is -0.221. The van der Waals surface area contributed by atoms with E-state index in [1.165, 1.54) is 0 Å². The second kappa shape index (κ2) is 6.16. The smallest absolute Gasteiger partial charge is 0.183 e. The highest BCUT2D eigenvalue weighted by atomic mass is 32.2. The van der Waals surface area contributed by atoms with Crippen LogP contribution in [0.3, 0.4) is 0 Å². The van der Waals surface area contributed by atoms with Crippen LogP contribution in [0.15, 0.2) is 53.4 Å². The van der Waals surface area contributed by atoms with Crippen molar-refractivity contribution in [3.05, 3.63) is 59.7 Å². The molecule has 0 aliphatic carbocycles. The number of Topliss-reactive ketones (excluding diaryl/α,β-unsaturated/α-hetero) is 1. The van der Waals surface area contributed by atoms with Crippen molar-refractivity contribution in [1.29, 1.82) is 0 Å². The van der Waals surface area contributed by atoms with Crippen LogP contribution in [0.1, 0.15) is 22.0 Å². The third kappa shape index (κ3) is 2.70. The van der Waals surface area contributed by atoms with Crippen molar-refractivity contribution in [2.45, 2.75) is 16.2 Å². The van der Waals surface area contributed by atoms with Gasteiger partial charge in [0.15, 0.2) is 5.78 Å². The SMILES string of the molecule is CSc1ccc2c(c1)C(=O)C(SC)C(c1ccccc1)O2. The summed E-state index contributed by atoms with van der Waals surface area (Å²) in [5.74, 6) is 0.852. The molecule has 0 spiro atoms. The third-order valence-electron chi connectivity index (χ3n) is 3.62. The van der Waals surface area contributed by atoms with Crippen molar-refractivity contribution in [1.82, 2.24) is 0 Å². The average Bonchev–Trinajstić information content (AvgIpc) is 2.55. The van der Waals surface area contributed by atoms with Gasteiger partial charge in [-0.3, -0.25) is 4.79 Å². The molecule has 2 nitrogen and oxygen atoms in total. The van der Waals surface area contributed by atoms with Gasteiger partial charge in [0, 0.05) is 4.90 Å². The lowest BCUT2D eigenvalue weighted by Crippen LogP contribution is -2.33. The molecule has 4 heteroatoms. The van der Waals surface area contributed by atoms with Crippen LogP contribution in [0.25, 0.3) is 0 Å². The number of hydrogen-bond donors (Lipinski definition) is 0. The van der Waals surface area contributed by atoms with E-state index in [1.54, 1.807) is 23.5 Å². The number of carbonyl (C=O) groups is 1. The zero-order valence-corrected chi connectivity index (χ0v) is 13.5. The molecular weight excluding hydrogens is 300 g/mol. The van der Waals surface area contributed by atoms with Crippen LogP contribution in [0.5, 0.6) is 5.75 Å². The lowest BCUT2D eigenvalue weighted by molar-refractivity contribution is 0.0867. The number of rotatable bonds is 3. The highest BCUT2D eigenvalue weighted by Gasteiger charge is 2.37. The predicted molar refractivity (Wildman–Crippen MR) is 89.7 cm³/mol. The van der Waals surface area contributed by atoms with Gasteiger partial charge in [0.05, 0.1) is 5.56 Å². The van der Waals surface area contributed by atoms with E-state index >= 15 is 0 Å². The molecule has 2 unspecified atom stereocenters. The van der Waals surface area contributed by atoms with E-state index in [2.05, 4.69) is 0 Å². The topological polar surface area (TPSA) is 26.3 Å². The van der Waals surface area contributed by atoms with Crippen LogP contribution in [0.4, 0.5) is 0 Å². The molecule has 2 aromatic carbocycles. The van der Waals surface area contributed by atoms with Crippen LogP contribution >= 0.6 is 23.5 Å². The van der Waals surface area contributed by atoms with Crippen LogP contribution < -0.4 is 4.74 Å². The lowest BCUT2D eigenvalue weighted by Gasteiger charge is -2.32. The van der Waals surface area contributed by atoms with E-state index in [9.17, 15) is 4.79 Å². The molecule has 0 radical (unpaired) electrons. The molecule has 21 heavy (non-hydrogen) atoms. The van der Waals surface area contributed by atoms with Crippen molar-refractivity contribution in [3.8, 4) is 5.75 Å². The number of ether oxygens (including phenoxy) is 1. The lowest BCUT2D eigenvalue weighted by atomic mass is 9.96. The van der Waals surface area contributed by atoms with Gasteiger partial charge in [-0.25, -0.2) is 0 Å². The molecule has 0 saturated heterocycles. The summed E-state index contributed by atoms with van der Waals surface area (Å²) in [6.45, 7) is 0. The van der Waals surface area contributed by atoms with Gasteiger partial charge in [-0.15, -0.1) is 23.5 Å². The van der Waals surface area contributed by atoms with E-state index in [0.717, 1.165) is 10.5 Å². The van der Waals surface area contributed by atoms with Gasteiger partial charge in [-0.1, -0.05) is 30.3 Å². The largest absolute Gasteiger partial charge is 0.483 e. The van der Waals surface area contributed by atoms with Crippen molar-refractivity contribution < 1.29 is 9.53 Å². The molecular formula is C17H16O2S2. The zero-order valence-electron chi connectivity index (χ0n) is 11.9. The summed E-state index contributed by atoms with van der Waals surface area (Å²) in [5, 5.41) is -0.197. The Morgan fingerprint density at radius 1 is 1.05 bits per heavy atom. The maximum Gasteiger partial charge on any atom is 0.183 e. The number of thioether (sulfide) groups is 2. The summed E-state index contributed by atoms with van der Waals surface area (Å²) in [7, 11) is 0. The maximum atomic E-state index is 12.8. The van der Waals surface area contributed by atoms with E-state index in [4.69, 9.17) is 4.74 Å². The molecule has 1 heterocycles. The number of fused-ring (bicyclic) bond motifs is 1. The molecule has 3 rings (SSSR count). The van der Waals surface area contributed by atoms with Crippen LogP contribution in [0, 0.1) is 0 Å². The van der Waals surface area contributed by atoms with Gasteiger partial charge in [0.1, 0.15) is 17.1 Å². The van der Waals surface area contributed by atoms with Gasteiger partial charge < -0.3 is 4.74 Å². The summed E-state index contributed by atoms with van der Waals surface area (Å²) in [6.07, 6.45) is 3.75. The highest BCUT2D eigenvalue weighted by Crippen LogP contribution is 2.40. The average molecular weight is 316 g/mol. The molecule has 0 saturated carbocycles. The van der Waals surface area contributed by atoms with E-state index < -0.39 is 0 Å². The minimum Gasteiger partial charge on any atom is -0.483 e. The molecule has 0 amide bonds. The van der Waals surface area contributed by atoms with Crippen molar-refractivity contribution in [3.63, 3.8) is 0 Å². The molecule has 2 atom stereocenters. The first kappa shape index (κ1) is 14.5. The first-order chi connectivity index (χ1) is 10.2. The molecule has 0 fully saturated rings. The normalized spacial score (nSPS) is 20.8. The van der Waals surface area contributed by atoms with Gasteiger partial charge in [0.25, 0.3) is 0 Å². The Morgan fingerprint density at radius 2 is 1.81 bits per heavy atom. The fraction of sp³-hybridized carbons (Fsp3) is 0.235. The first-order valence-corrected chi connectivity index (χ1v) is 9.22. The van der Waals surface area contributed by atoms with Crippen LogP contribution in [0.2, 0.25) is 0 Å². The van der Waals surface area contributed by atoms with Crippen LogP contribution in [-0.2, 0) is 0 Å². The summed E-state index contributed by atoms with van der Waals surface area (Å²) >= 11 is 3.19. The monoisotopic (exact) mass is 316 g/mol. The highest BCUT2D eigenvalue weighted by molar-refractivity contribution is 8.00. The van der Waals surface area contributed by atoms with Crippen molar-refractivity contribution in [2.24, 2.45) is 0 Å². The molecule has 0 bridgehead atoms. The Bertz CT molecular complexity index is 655. The second-order valence-corrected chi connectivity index (χ2v) is 6.69. The molecule has 108 valence electrons. The zero-order chi connectivity index (χ0) is 14.8. The first-order valence-electron chi connectivity index (χ1n) is 6.71. The Hall–Kier alpha value is -1.39. The number of benzene rings is 2. The van der Waals surface area contributed by atoms with Gasteiger partial charge in [-0.2, -0.15) is 0 Å². The summed E-state index contributed by atoms with van der Waals surface area (Å²) in [4.78, 5) is 13.9. The standard InChI is InChI=1S/C17H16O2S2/c1-20-12-8-9-14-13(10-12)15(18)17(21-2)16(19-14)11-6-4-3-5-7-11/h3-10,16-17H,1-2H3. The Morgan fingerprint density at radius 3 is 2.48 bits per heavy atom. The second-order valence-electron chi connectivity index (χ2n) is 4.83. The van der Waals surface area contributed by atoms with E-state index in [-0.39, 0.29) is 17.1 Å². The van der Waals surface area contributed by atoms with E-state index in [1.807, 2.05) is 61.0 Å². The number of hydrogen-bond acceptors (Lipinski definition) is 4. The summed E-state index contributed by atoms with van der Waals surface area (Å²) in [6, 6.07) is 15.8. The van der Waals surface area contributed by atoms with Crippen molar-refractivity contribution >= 4 is 29.3 Å². The summed E-state index contributed by atoms with van der Waals surface area (Å²) < 4.78 is 6.14. The molecule has 1 aliphatic rings. The van der Waals surface area contributed by atoms with Crippen molar-refractivity contribution in [2.75, 3.05) is 12.5 Å². The van der Waals surface area contributed by atoms with Crippen LogP contribution in [-0.4, -0.2) is 23.5 Å².